The van der Waals surface area contributed by atoms with E-state index in [-0.39, 0.29) is 33.8 Å². The SMILES string of the molecule is CN=P(C)(Oc1ccc(-c2c(C(=O)O)cc(C(=O)O)cc2C(=O)O)cc1)Oc1ccc(-c2c(C(=O)O)cc(C(=O)O)cc2C(=O)O)cc1. The fraction of sp³-hybridized carbons (Fsp3) is 0.0625. The van der Waals surface area contributed by atoms with Gasteiger partial charge in [-0.25, -0.2) is 33.5 Å². The van der Waals surface area contributed by atoms with Crippen molar-refractivity contribution >= 4 is 43.3 Å². The van der Waals surface area contributed by atoms with Crippen molar-refractivity contribution in [1.29, 1.82) is 0 Å². The Morgan fingerprint density at radius 2 is 0.771 bits per heavy atom. The number of carboxylic acids is 6. The highest BCUT2D eigenvalue weighted by molar-refractivity contribution is 7.56. The second kappa shape index (κ2) is 13.5. The number of carbonyl (C=O) groups is 6. The summed E-state index contributed by atoms with van der Waals surface area (Å²) in [7, 11) is -1.65. The van der Waals surface area contributed by atoms with Gasteiger partial charge >= 0.3 is 43.3 Å². The monoisotopic (exact) mass is 677 g/mol. The topological polar surface area (TPSA) is 255 Å². The van der Waals surface area contributed by atoms with Crippen molar-refractivity contribution in [3.63, 3.8) is 0 Å². The highest BCUT2D eigenvalue weighted by Crippen LogP contribution is 2.48. The van der Waals surface area contributed by atoms with Crippen molar-refractivity contribution in [2.45, 2.75) is 0 Å². The Balaban J connectivity index is 1.64. The molecule has 0 aliphatic carbocycles. The van der Waals surface area contributed by atoms with Gasteiger partial charge in [0.25, 0.3) is 0 Å². The summed E-state index contributed by atoms with van der Waals surface area (Å²) in [6, 6.07) is 14.6. The van der Waals surface area contributed by atoms with Gasteiger partial charge in [-0.1, -0.05) is 24.3 Å². The Morgan fingerprint density at radius 3 is 0.979 bits per heavy atom. The summed E-state index contributed by atoms with van der Waals surface area (Å²) < 4.78 is 16.2. The van der Waals surface area contributed by atoms with Crippen LogP contribution in [-0.4, -0.2) is 80.2 Å². The predicted octanol–water partition coefficient (Wildman–Crippen LogP) is 5.96. The third-order valence-electron chi connectivity index (χ3n) is 6.89. The number of hydrogen-bond acceptors (Lipinski definition) is 9. The molecule has 0 saturated heterocycles. The quantitative estimate of drug-likeness (QED) is 0.0946. The minimum absolute atomic E-state index is 0.150. The molecule has 16 heteroatoms. The molecule has 0 saturated carbocycles. The fourth-order valence-corrected chi connectivity index (χ4v) is 5.91. The van der Waals surface area contributed by atoms with E-state index in [2.05, 4.69) is 4.74 Å². The summed E-state index contributed by atoms with van der Waals surface area (Å²) in [6.07, 6.45) is 0. The number of hydrogen-bond donors (Lipinski definition) is 6. The third kappa shape index (κ3) is 7.16. The number of carboxylic acid groups (broad SMARTS) is 6. The molecule has 0 aromatic heterocycles. The first-order valence-corrected chi connectivity index (χ1v) is 15.4. The lowest BCUT2D eigenvalue weighted by Gasteiger charge is -2.22. The van der Waals surface area contributed by atoms with E-state index < -0.39 is 76.7 Å². The minimum atomic E-state index is -3.09. The van der Waals surface area contributed by atoms with Crippen LogP contribution in [0.25, 0.3) is 22.3 Å². The molecule has 246 valence electrons. The van der Waals surface area contributed by atoms with Crippen molar-refractivity contribution in [2.75, 3.05) is 13.7 Å². The van der Waals surface area contributed by atoms with Crippen molar-refractivity contribution < 1.29 is 68.5 Å². The van der Waals surface area contributed by atoms with E-state index in [0.717, 1.165) is 24.3 Å². The van der Waals surface area contributed by atoms with E-state index in [0.29, 0.717) is 0 Å². The van der Waals surface area contributed by atoms with Crippen molar-refractivity contribution in [1.82, 2.24) is 0 Å². The van der Waals surface area contributed by atoms with Gasteiger partial charge in [-0.2, -0.15) is 0 Å². The number of aromatic carboxylic acids is 6. The molecule has 0 unspecified atom stereocenters. The maximum absolute atomic E-state index is 11.9. The average molecular weight is 678 g/mol. The van der Waals surface area contributed by atoms with Crippen LogP contribution >= 0.6 is 7.51 Å². The molecule has 0 aliphatic rings. The Bertz CT molecular complexity index is 1850. The Labute approximate surface area is 270 Å². The molecular weight excluding hydrogens is 653 g/mol. The van der Waals surface area contributed by atoms with Gasteiger partial charge in [-0.05, 0) is 59.7 Å². The zero-order chi connectivity index (χ0) is 35.5. The molecule has 0 radical (unpaired) electrons. The van der Waals surface area contributed by atoms with E-state index >= 15 is 0 Å². The van der Waals surface area contributed by atoms with E-state index in [1.165, 1.54) is 55.6 Å². The second-order valence-electron chi connectivity index (χ2n) is 9.96. The molecule has 0 bridgehead atoms. The van der Waals surface area contributed by atoms with E-state index in [1.54, 1.807) is 6.66 Å². The summed E-state index contributed by atoms with van der Waals surface area (Å²) in [5.74, 6) is -8.74. The van der Waals surface area contributed by atoms with Gasteiger partial charge in [0, 0.05) is 24.8 Å². The van der Waals surface area contributed by atoms with Crippen molar-refractivity contribution in [3.8, 4) is 33.8 Å². The third-order valence-corrected chi connectivity index (χ3v) is 8.72. The maximum Gasteiger partial charge on any atom is 0.336 e. The summed E-state index contributed by atoms with van der Waals surface area (Å²) in [4.78, 5) is 70.6. The van der Waals surface area contributed by atoms with Crippen LogP contribution in [-0.2, 0) is 0 Å². The molecule has 0 amide bonds. The minimum Gasteiger partial charge on any atom is -0.478 e. The zero-order valence-corrected chi connectivity index (χ0v) is 25.7. The van der Waals surface area contributed by atoms with Crippen LogP contribution in [0.1, 0.15) is 62.1 Å². The average Bonchev–Trinajstić information content (AvgIpc) is 3.04. The molecule has 0 spiro atoms. The molecule has 4 aromatic rings. The summed E-state index contributed by atoms with van der Waals surface area (Å²) >= 11 is 0. The number of nitrogens with zero attached hydrogens (tertiary/aromatic N) is 1. The summed E-state index contributed by atoms with van der Waals surface area (Å²) in [5, 5.41) is 57.4. The molecule has 4 aromatic carbocycles. The normalized spacial score (nSPS) is 10.9. The molecule has 48 heavy (non-hydrogen) atoms. The van der Waals surface area contributed by atoms with Gasteiger partial charge in [0.15, 0.2) is 0 Å². The summed E-state index contributed by atoms with van der Waals surface area (Å²) in [6.45, 7) is 1.56. The van der Waals surface area contributed by atoms with Crippen molar-refractivity contribution in [3.05, 3.63) is 106 Å². The molecule has 6 N–H and O–H groups in total. The zero-order valence-electron chi connectivity index (χ0n) is 24.8. The van der Waals surface area contributed by atoms with Gasteiger partial charge in [0.05, 0.1) is 33.4 Å². The smallest absolute Gasteiger partial charge is 0.336 e. The van der Waals surface area contributed by atoms with Gasteiger partial charge in [-0.3, -0.25) is 0 Å². The first-order valence-electron chi connectivity index (χ1n) is 13.4. The van der Waals surface area contributed by atoms with E-state index in [1.807, 2.05) is 0 Å². The van der Waals surface area contributed by atoms with Gasteiger partial charge in [-0.15, -0.1) is 0 Å². The van der Waals surface area contributed by atoms with Gasteiger partial charge in [0.1, 0.15) is 11.5 Å². The molecular formula is C32H24NO14P. The van der Waals surface area contributed by atoms with Crippen LogP contribution in [0.4, 0.5) is 0 Å². The standard InChI is InChI=1S/C32H24NO14P/c1-33-48(2,46-19-7-3-15(4-8-19)25-21(29(38)39)11-17(27(34)35)12-22(25)30(40)41)47-20-9-5-16(6-10-20)26-23(31(42)43)13-18(28(36)37)14-24(26)32(44)45/h3-14H,1-2H3,(H,34,35)(H,36,37)(H,38,39)(H,40,41)(H,42,43)(H,44,45). The van der Waals surface area contributed by atoms with Crippen LogP contribution in [0.3, 0.4) is 0 Å². The predicted molar refractivity (Wildman–Crippen MR) is 168 cm³/mol. The Morgan fingerprint density at radius 1 is 0.500 bits per heavy atom. The molecule has 15 nitrogen and oxygen atoms in total. The van der Waals surface area contributed by atoms with Crippen LogP contribution in [0.5, 0.6) is 11.5 Å². The lowest BCUT2D eigenvalue weighted by atomic mass is 9.92. The highest BCUT2D eigenvalue weighted by Gasteiger charge is 2.26. The first-order chi connectivity index (χ1) is 22.5. The van der Waals surface area contributed by atoms with Crippen LogP contribution < -0.4 is 9.05 Å². The van der Waals surface area contributed by atoms with E-state index in [4.69, 9.17) is 9.05 Å². The molecule has 0 aliphatic heterocycles. The maximum atomic E-state index is 11.9. The number of benzene rings is 4. The van der Waals surface area contributed by atoms with Crippen molar-refractivity contribution in [2.24, 2.45) is 4.74 Å². The first kappa shape index (κ1) is 34.4. The molecule has 0 heterocycles. The Kier molecular flexibility index (Phi) is 9.67. The lowest BCUT2D eigenvalue weighted by molar-refractivity contribution is 0.0667. The second-order valence-corrected chi connectivity index (χ2v) is 12.3. The molecule has 0 fully saturated rings. The molecule has 0 atom stereocenters. The van der Waals surface area contributed by atoms with Crippen LogP contribution in [0.2, 0.25) is 0 Å². The fourth-order valence-electron chi connectivity index (χ4n) is 4.68. The highest BCUT2D eigenvalue weighted by atomic mass is 31.2. The van der Waals surface area contributed by atoms with Gasteiger partial charge < -0.3 is 39.7 Å². The lowest BCUT2D eigenvalue weighted by Crippen LogP contribution is -2.11. The van der Waals surface area contributed by atoms with Crippen LogP contribution in [0, 0.1) is 0 Å². The van der Waals surface area contributed by atoms with Crippen LogP contribution in [0.15, 0.2) is 77.5 Å². The number of rotatable bonds is 12. The largest absolute Gasteiger partial charge is 0.478 e. The van der Waals surface area contributed by atoms with Gasteiger partial charge in [0.2, 0.25) is 0 Å². The summed E-state index contributed by atoms with van der Waals surface area (Å²) in [5.41, 5.74) is -3.27. The Hall–Kier alpha value is -6.47. The van der Waals surface area contributed by atoms with E-state index in [9.17, 15) is 59.4 Å². The molecule has 4 rings (SSSR count).